The fraction of sp³-hybridized carbons (Fsp3) is 0.812. The van der Waals surface area contributed by atoms with Crippen molar-refractivity contribution in [3.05, 3.63) is 12.2 Å². The summed E-state index contributed by atoms with van der Waals surface area (Å²) in [5.41, 5.74) is -0.652. The van der Waals surface area contributed by atoms with Gasteiger partial charge in [-0.25, -0.2) is 9.67 Å². The summed E-state index contributed by atoms with van der Waals surface area (Å²) >= 11 is 0. The molecule has 1 saturated carbocycles. The van der Waals surface area contributed by atoms with E-state index in [9.17, 15) is 9.90 Å². The van der Waals surface area contributed by atoms with E-state index in [0.29, 0.717) is 18.3 Å². The molecule has 5 nitrogen and oxygen atoms in total. The summed E-state index contributed by atoms with van der Waals surface area (Å²) in [6.07, 6.45) is 6.81. The fourth-order valence-corrected chi connectivity index (χ4v) is 3.49. The van der Waals surface area contributed by atoms with Gasteiger partial charge in [0.25, 0.3) is 0 Å². The Morgan fingerprint density at radius 1 is 1.57 bits per heavy atom. The lowest BCUT2D eigenvalue weighted by Gasteiger charge is -2.37. The summed E-state index contributed by atoms with van der Waals surface area (Å²) in [5.74, 6) is 1.15. The monoisotopic (exact) mass is 293 g/mol. The van der Waals surface area contributed by atoms with Crippen LogP contribution < -0.4 is 0 Å². The van der Waals surface area contributed by atoms with E-state index in [1.165, 1.54) is 0 Å². The van der Waals surface area contributed by atoms with Gasteiger partial charge in [-0.1, -0.05) is 40.0 Å². The SMILES string of the molecule is CCC1CCCC(Cc2ncnn2CC(C)C)(C(=O)O)C1. The summed E-state index contributed by atoms with van der Waals surface area (Å²) in [6, 6.07) is 0. The van der Waals surface area contributed by atoms with Gasteiger partial charge in [0.1, 0.15) is 12.2 Å². The van der Waals surface area contributed by atoms with Crippen molar-refractivity contribution in [3.63, 3.8) is 0 Å². The molecule has 0 amide bonds. The van der Waals surface area contributed by atoms with Crippen molar-refractivity contribution in [2.24, 2.45) is 17.3 Å². The molecule has 5 heteroatoms. The molecule has 1 aliphatic carbocycles. The van der Waals surface area contributed by atoms with Gasteiger partial charge < -0.3 is 5.11 Å². The van der Waals surface area contributed by atoms with Crippen LogP contribution in [0.15, 0.2) is 6.33 Å². The second-order valence-corrected chi connectivity index (χ2v) is 6.89. The number of hydrogen-bond acceptors (Lipinski definition) is 3. The Morgan fingerprint density at radius 2 is 2.33 bits per heavy atom. The second-order valence-electron chi connectivity index (χ2n) is 6.89. The van der Waals surface area contributed by atoms with Gasteiger partial charge in [-0.15, -0.1) is 0 Å². The molecule has 2 rings (SSSR count). The van der Waals surface area contributed by atoms with Gasteiger partial charge in [0, 0.05) is 13.0 Å². The van der Waals surface area contributed by atoms with Crippen molar-refractivity contribution in [2.45, 2.75) is 65.8 Å². The van der Waals surface area contributed by atoms with Crippen LogP contribution in [0.3, 0.4) is 0 Å². The van der Waals surface area contributed by atoms with Crippen LogP contribution in [0.25, 0.3) is 0 Å². The topological polar surface area (TPSA) is 68.0 Å². The average molecular weight is 293 g/mol. The van der Waals surface area contributed by atoms with Crippen LogP contribution >= 0.6 is 0 Å². The first kappa shape index (κ1) is 16.0. The standard InChI is InChI=1S/C16H27N3O2/c1-4-13-6-5-7-16(8-13,15(20)21)9-14-17-11-18-19(14)10-12(2)3/h11-13H,4-10H2,1-3H3,(H,20,21). The van der Waals surface area contributed by atoms with Crippen LogP contribution in [0.4, 0.5) is 0 Å². The molecule has 118 valence electrons. The molecule has 1 heterocycles. The average Bonchev–Trinajstić information content (AvgIpc) is 2.85. The molecule has 0 bridgehead atoms. The Balaban J connectivity index is 2.20. The largest absolute Gasteiger partial charge is 0.481 e. The maximum Gasteiger partial charge on any atom is 0.310 e. The Morgan fingerprint density at radius 3 is 2.95 bits per heavy atom. The predicted octanol–water partition coefficient (Wildman–Crippen LogP) is 3.15. The molecule has 2 unspecified atom stereocenters. The summed E-state index contributed by atoms with van der Waals surface area (Å²) in [4.78, 5) is 16.3. The van der Waals surface area contributed by atoms with Gasteiger partial charge in [0.2, 0.25) is 0 Å². The number of hydrogen-bond donors (Lipinski definition) is 1. The van der Waals surface area contributed by atoms with Gasteiger partial charge in [-0.3, -0.25) is 4.79 Å². The van der Waals surface area contributed by atoms with E-state index in [2.05, 4.69) is 30.9 Å². The first-order chi connectivity index (χ1) is 9.97. The smallest absolute Gasteiger partial charge is 0.310 e. The number of rotatable bonds is 6. The van der Waals surface area contributed by atoms with E-state index >= 15 is 0 Å². The summed E-state index contributed by atoms with van der Waals surface area (Å²) in [5, 5.41) is 14.1. The normalized spacial score (nSPS) is 26.2. The van der Waals surface area contributed by atoms with Gasteiger partial charge in [-0.2, -0.15) is 5.10 Å². The molecule has 0 spiro atoms. The minimum atomic E-state index is -0.667. The van der Waals surface area contributed by atoms with Crippen molar-refractivity contribution in [1.29, 1.82) is 0 Å². The minimum Gasteiger partial charge on any atom is -0.481 e. The lowest BCUT2D eigenvalue weighted by atomic mass is 9.67. The van der Waals surface area contributed by atoms with Gasteiger partial charge >= 0.3 is 5.97 Å². The molecule has 1 aliphatic rings. The highest BCUT2D eigenvalue weighted by Gasteiger charge is 2.43. The molecule has 1 fully saturated rings. The maximum absolute atomic E-state index is 11.9. The maximum atomic E-state index is 11.9. The quantitative estimate of drug-likeness (QED) is 0.875. The van der Waals surface area contributed by atoms with Crippen LogP contribution in [0.1, 0.15) is 58.7 Å². The van der Waals surface area contributed by atoms with Crippen LogP contribution in [0.2, 0.25) is 0 Å². The molecule has 0 aromatic carbocycles. The Bertz CT molecular complexity index is 484. The molecule has 1 N–H and O–H groups in total. The molecule has 1 aromatic rings. The Hall–Kier alpha value is -1.39. The van der Waals surface area contributed by atoms with Crippen molar-refractivity contribution in [3.8, 4) is 0 Å². The van der Waals surface area contributed by atoms with Crippen molar-refractivity contribution in [1.82, 2.24) is 14.8 Å². The van der Waals surface area contributed by atoms with Gasteiger partial charge in [-0.05, 0) is 24.7 Å². The van der Waals surface area contributed by atoms with Crippen LogP contribution in [-0.2, 0) is 17.8 Å². The number of nitrogens with zero attached hydrogens (tertiary/aromatic N) is 3. The first-order valence-electron chi connectivity index (χ1n) is 8.07. The zero-order valence-corrected chi connectivity index (χ0v) is 13.4. The highest BCUT2D eigenvalue weighted by molar-refractivity contribution is 5.75. The van der Waals surface area contributed by atoms with E-state index in [1.54, 1.807) is 6.33 Å². The lowest BCUT2D eigenvalue weighted by Crippen LogP contribution is -2.39. The molecule has 0 saturated heterocycles. The molecule has 21 heavy (non-hydrogen) atoms. The minimum absolute atomic E-state index is 0.473. The van der Waals surface area contributed by atoms with Gasteiger partial charge in [0.05, 0.1) is 5.41 Å². The second kappa shape index (κ2) is 6.58. The molecular formula is C16H27N3O2. The zero-order valence-electron chi connectivity index (χ0n) is 13.4. The summed E-state index contributed by atoms with van der Waals surface area (Å²) < 4.78 is 1.88. The number of carboxylic acid groups (broad SMARTS) is 1. The lowest BCUT2D eigenvalue weighted by molar-refractivity contribution is -0.152. The summed E-state index contributed by atoms with van der Waals surface area (Å²) in [6.45, 7) is 7.21. The van der Waals surface area contributed by atoms with Crippen molar-refractivity contribution >= 4 is 5.97 Å². The third-order valence-electron chi connectivity index (χ3n) is 4.71. The van der Waals surface area contributed by atoms with E-state index in [1.807, 2.05) is 4.68 Å². The van der Waals surface area contributed by atoms with Gasteiger partial charge in [0.15, 0.2) is 0 Å². The Kier molecular flexibility index (Phi) is 5.01. The molecule has 0 aliphatic heterocycles. The van der Waals surface area contributed by atoms with Crippen LogP contribution in [0.5, 0.6) is 0 Å². The van der Waals surface area contributed by atoms with Crippen LogP contribution in [0, 0.1) is 17.3 Å². The molecule has 1 aromatic heterocycles. The fourth-order valence-electron chi connectivity index (χ4n) is 3.49. The third-order valence-corrected chi connectivity index (χ3v) is 4.71. The van der Waals surface area contributed by atoms with E-state index < -0.39 is 11.4 Å². The number of aliphatic carboxylic acids is 1. The zero-order chi connectivity index (χ0) is 15.5. The van der Waals surface area contributed by atoms with Crippen molar-refractivity contribution < 1.29 is 9.90 Å². The number of aromatic nitrogens is 3. The third kappa shape index (κ3) is 3.63. The number of carbonyl (C=O) groups is 1. The Labute approximate surface area is 126 Å². The highest BCUT2D eigenvalue weighted by atomic mass is 16.4. The van der Waals surface area contributed by atoms with E-state index in [4.69, 9.17) is 0 Å². The molecule has 2 atom stereocenters. The van der Waals surface area contributed by atoms with E-state index in [0.717, 1.165) is 44.5 Å². The summed E-state index contributed by atoms with van der Waals surface area (Å²) in [7, 11) is 0. The van der Waals surface area contributed by atoms with Crippen LogP contribution in [-0.4, -0.2) is 25.8 Å². The van der Waals surface area contributed by atoms with Crippen molar-refractivity contribution in [2.75, 3.05) is 0 Å². The molecular weight excluding hydrogens is 266 g/mol. The highest BCUT2D eigenvalue weighted by Crippen LogP contribution is 2.43. The number of carboxylic acids is 1. The van der Waals surface area contributed by atoms with E-state index in [-0.39, 0.29) is 0 Å². The first-order valence-corrected chi connectivity index (χ1v) is 8.07. The molecule has 0 radical (unpaired) electrons. The predicted molar refractivity (Wildman–Crippen MR) is 80.9 cm³/mol.